The van der Waals surface area contributed by atoms with Crippen molar-refractivity contribution in [3.05, 3.63) is 30.1 Å². The molecule has 0 aliphatic carbocycles. The number of nitrogens with zero attached hydrogens (tertiary/aromatic N) is 4. The van der Waals surface area contributed by atoms with Gasteiger partial charge in [0.15, 0.2) is 0 Å². The lowest BCUT2D eigenvalue weighted by Gasteiger charge is -2.35. The number of piperazine rings is 1. The molecular weight excluding hydrogens is 280 g/mol. The van der Waals surface area contributed by atoms with E-state index in [-0.39, 0.29) is 18.4 Å². The third-order valence-corrected chi connectivity index (χ3v) is 4.07. The molecule has 22 heavy (non-hydrogen) atoms. The van der Waals surface area contributed by atoms with Gasteiger partial charge in [0, 0.05) is 52.0 Å². The van der Waals surface area contributed by atoms with Gasteiger partial charge >= 0.3 is 0 Å². The van der Waals surface area contributed by atoms with E-state index < -0.39 is 0 Å². The molecule has 2 amide bonds. The Kier molecular flexibility index (Phi) is 5.89. The molecule has 0 atom stereocenters. The van der Waals surface area contributed by atoms with Crippen LogP contribution in [0.4, 0.5) is 0 Å². The second kappa shape index (κ2) is 7.89. The molecule has 0 spiro atoms. The Bertz CT molecular complexity index is 498. The summed E-state index contributed by atoms with van der Waals surface area (Å²) in [6, 6.07) is 3.72. The quantitative estimate of drug-likeness (QED) is 0.799. The Morgan fingerprint density at radius 3 is 2.36 bits per heavy atom. The molecule has 1 aromatic heterocycles. The van der Waals surface area contributed by atoms with Gasteiger partial charge in [-0.3, -0.25) is 14.6 Å². The number of carbonyl (C=O) groups excluding carboxylic acids is 2. The van der Waals surface area contributed by atoms with E-state index in [0.29, 0.717) is 6.54 Å². The van der Waals surface area contributed by atoms with Crippen LogP contribution in [0.1, 0.15) is 19.4 Å². The summed E-state index contributed by atoms with van der Waals surface area (Å²) in [6.45, 7) is 8.54. The minimum Gasteiger partial charge on any atom is -0.339 e. The summed E-state index contributed by atoms with van der Waals surface area (Å²) < 4.78 is 0. The first-order valence-corrected chi connectivity index (χ1v) is 7.74. The molecule has 0 bridgehead atoms. The van der Waals surface area contributed by atoms with E-state index in [1.807, 2.05) is 17.0 Å². The van der Waals surface area contributed by atoms with Crippen molar-refractivity contribution in [2.45, 2.75) is 20.4 Å². The van der Waals surface area contributed by atoms with Crippen LogP contribution in [0.2, 0.25) is 0 Å². The number of likely N-dealkylation sites (N-methyl/N-ethyl adjacent to an activating group) is 1. The molecule has 0 unspecified atom stereocenters. The molecule has 0 radical (unpaired) electrons. The van der Waals surface area contributed by atoms with Gasteiger partial charge in [-0.15, -0.1) is 0 Å². The highest BCUT2D eigenvalue weighted by molar-refractivity contribution is 5.83. The van der Waals surface area contributed by atoms with Crippen molar-refractivity contribution < 1.29 is 9.59 Å². The minimum absolute atomic E-state index is 0.0278. The molecule has 0 saturated carbocycles. The van der Waals surface area contributed by atoms with Crippen molar-refractivity contribution in [2.75, 3.05) is 39.3 Å². The molecule has 1 aromatic rings. The molecule has 6 heteroatoms. The van der Waals surface area contributed by atoms with Gasteiger partial charge in [0.25, 0.3) is 0 Å². The first-order valence-electron chi connectivity index (χ1n) is 7.74. The molecule has 0 N–H and O–H groups in total. The topological polar surface area (TPSA) is 56.8 Å². The van der Waals surface area contributed by atoms with Gasteiger partial charge in [-0.25, -0.2) is 0 Å². The van der Waals surface area contributed by atoms with Crippen LogP contribution in [0.25, 0.3) is 0 Å². The predicted molar refractivity (Wildman–Crippen MR) is 84.0 cm³/mol. The molecule has 2 heterocycles. The smallest absolute Gasteiger partial charge is 0.242 e. The SMILES string of the molecule is CCN1CCN(C(=O)CN(Cc2ccncc2)C(C)=O)CC1. The minimum atomic E-state index is -0.0858. The third-order valence-electron chi connectivity index (χ3n) is 4.07. The number of hydrogen-bond acceptors (Lipinski definition) is 4. The standard InChI is InChI=1S/C16H24N4O2/c1-3-18-8-10-19(11-9-18)16(22)13-20(14(2)21)12-15-4-6-17-7-5-15/h4-7H,3,8-13H2,1-2H3. The fourth-order valence-corrected chi connectivity index (χ4v) is 2.56. The zero-order chi connectivity index (χ0) is 15.9. The van der Waals surface area contributed by atoms with Gasteiger partial charge in [-0.1, -0.05) is 6.92 Å². The summed E-state index contributed by atoms with van der Waals surface area (Å²) in [5, 5.41) is 0. The molecule has 0 aromatic carbocycles. The summed E-state index contributed by atoms with van der Waals surface area (Å²) in [5.41, 5.74) is 0.980. The number of aromatic nitrogens is 1. The highest BCUT2D eigenvalue weighted by atomic mass is 16.2. The average Bonchev–Trinajstić information content (AvgIpc) is 2.55. The molecule has 1 saturated heterocycles. The van der Waals surface area contributed by atoms with Crippen molar-refractivity contribution in [3.63, 3.8) is 0 Å². The van der Waals surface area contributed by atoms with Gasteiger partial charge < -0.3 is 14.7 Å². The fourth-order valence-electron chi connectivity index (χ4n) is 2.56. The van der Waals surface area contributed by atoms with Crippen LogP contribution in [0.5, 0.6) is 0 Å². The molecular formula is C16H24N4O2. The first kappa shape index (κ1) is 16.4. The van der Waals surface area contributed by atoms with Gasteiger partial charge in [-0.05, 0) is 24.2 Å². The molecule has 2 rings (SSSR count). The number of hydrogen-bond donors (Lipinski definition) is 0. The summed E-state index contributed by atoms with van der Waals surface area (Å²) >= 11 is 0. The van der Waals surface area contributed by atoms with Crippen molar-refractivity contribution in [1.29, 1.82) is 0 Å². The van der Waals surface area contributed by atoms with Crippen LogP contribution in [-0.4, -0.2) is 70.8 Å². The highest BCUT2D eigenvalue weighted by Gasteiger charge is 2.23. The zero-order valence-corrected chi connectivity index (χ0v) is 13.4. The lowest BCUT2D eigenvalue weighted by molar-refractivity contribution is -0.140. The lowest BCUT2D eigenvalue weighted by Crippen LogP contribution is -2.51. The van der Waals surface area contributed by atoms with Crippen LogP contribution in [0, 0.1) is 0 Å². The van der Waals surface area contributed by atoms with E-state index in [4.69, 9.17) is 0 Å². The maximum Gasteiger partial charge on any atom is 0.242 e. The van der Waals surface area contributed by atoms with Crippen LogP contribution in [0.15, 0.2) is 24.5 Å². The Morgan fingerprint density at radius 1 is 1.18 bits per heavy atom. The monoisotopic (exact) mass is 304 g/mol. The number of carbonyl (C=O) groups is 2. The first-order chi connectivity index (χ1) is 10.6. The van der Waals surface area contributed by atoms with Crippen molar-refractivity contribution in [1.82, 2.24) is 19.7 Å². The molecule has 1 aliphatic heterocycles. The molecule has 6 nitrogen and oxygen atoms in total. The summed E-state index contributed by atoms with van der Waals surface area (Å²) in [5.74, 6) is -0.0580. The normalized spacial score (nSPS) is 15.6. The van der Waals surface area contributed by atoms with Gasteiger partial charge in [0.2, 0.25) is 11.8 Å². The zero-order valence-electron chi connectivity index (χ0n) is 13.4. The largest absolute Gasteiger partial charge is 0.339 e. The second-order valence-electron chi connectivity index (χ2n) is 5.55. The Balaban J connectivity index is 1.91. The molecule has 1 fully saturated rings. The number of rotatable bonds is 5. The predicted octanol–water partition coefficient (Wildman–Crippen LogP) is 0.594. The number of amides is 2. The van der Waals surface area contributed by atoms with Crippen LogP contribution in [0.3, 0.4) is 0 Å². The van der Waals surface area contributed by atoms with E-state index >= 15 is 0 Å². The van der Waals surface area contributed by atoms with Crippen LogP contribution in [-0.2, 0) is 16.1 Å². The maximum atomic E-state index is 12.4. The maximum absolute atomic E-state index is 12.4. The summed E-state index contributed by atoms with van der Waals surface area (Å²) in [6.07, 6.45) is 3.39. The van der Waals surface area contributed by atoms with E-state index in [9.17, 15) is 9.59 Å². The van der Waals surface area contributed by atoms with E-state index in [1.165, 1.54) is 6.92 Å². The summed E-state index contributed by atoms with van der Waals surface area (Å²) in [4.78, 5) is 33.9. The van der Waals surface area contributed by atoms with Crippen LogP contribution >= 0.6 is 0 Å². The Morgan fingerprint density at radius 2 is 1.82 bits per heavy atom. The Hall–Kier alpha value is -1.95. The second-order valence-corrected chi connectivity index (χ2v) is 5.55. The van der Waals surface area contributed by atoms with E-state index in [2.05, 4.69) is 16.8 Å². The van der Waals surface area contributed by atoms with Gasteiger partial charge in [-0.2, -0.15) is 0 Å². The fraction of sp³-hybridized carbons (Fsp3) is 0.562. The van der Waals surface area contributed by atoms with E-state index in [0.717, 1.165) is 38.3 Å². The van der Waals surface area contributed by atoms with Crippen LogP contribution < -0.4 is 0 Å². The third kappa shape index (κ3) is 4.53. The van der Waals surface area contributed by atoms with Crippen molar-refractivity contribution in [2.24, 2.45) is 0 Å². The summed E-state index contributed by atoms with van der Waals surface area (Å²) in [7, 11) is 0. The lowest BCUT2D eigenvalue weighted by atomic mass is 10.2. The highest BCUT2D eigenvalue weighted by Crippen LogP contribution is 2.07. The van der Waals surface area contributed by atoms with E-state index in [1.54, 1.807) is 17.3 Å². The molecule has 120 valence electrons. The average molecular weight is 304 g/mol. The Labute approximate surface area is 131 Å². The van der Waals surface area contributed by atoms with Gasteiger partial charge in [0.1, 0.15) is 6.54 Å². The van der Waals surface area contributed by atoms with Crippen molar-refractivity contribution >= 4 is 11.8 Å². The van der Waals surface area contributed by atoms with Crippen molar-refractivity contribution in [3.8, 4) is 0 Å². The molecule has 1 aliphatic rings. The number of pyridine rings is 1. The van der Waals surface area contributed by atoms with Gasteiger partial charge in [0.05, 0.1) is 0 Å².